The number of aromatic hydroxyl groups is 1. The molecule has 2 rings (SSSR count). The van der Waals surface area contributed by atoms with Gasteiger partial charge in [-0.2, -0.15) is 0 Å². The lowest BCUT2D eigenvalue weighted by Crippen LogP contribution is -2.27. The van der Waals surface area contributed by atoms with Crippen LogP contribution in [0.25, 0.3) is 0 Å². The van der Waals surface area contributed by atoms with Crippen LogP contribution in [0.5, 0.6) is 5.75 Å². The number of phenols is 1. The number of nitrogens with one attached hydrogen (secondary N) is 2. The van der Waals surface area contributed by atoms with Crippen molar-refractivity contribution in [2.75, 3.05) is 5.32 Å². The fraction of sp³-hybridized carbons (Fsp3) is 0.167. The van der Waals surface area contributed by atoms with Crippen molar-refractivity contribution < 1.29 is 24.6 Å². The Morgan fingerprint density at radius 1 is 1.43 bits per heavy atom. The van der Waals surface area contributed by atoms with E-state index >= 15 is 0 Å². The van der Waals surface area contributed by atoms with Gasteiger partial charge in [0, 0.05) is 12.1 Å². The number of carboxylic acids is 1. The Morgan fingerprint density at radius 3 is 2.71 bits per heavy atom. The predicted molar refractivity (Wildman–Crippen MR) is 80.4 cm³/mol. The fourth-order valence-corrected chi connectivity index (χ4v) is 2.96. The van der Waals surface area contributed by atoms with Crippen LogP contribution in [0.1, 0.15) is 16.8 Å². The molecule has 0 saturated carbocycles. The van der Waals surface area contributed by atoms with Crippen molar-refractivity contribution in [2.45, 2.75) is 11.7 Å². The molecule has 1 heterocycles. The second-order valence-corrected chi connectivity index (χ2v) is 6.05. The monoisotopic (exact) mass is 326 g/mol. The van der Waals surface area contributed by atoms with E-state index in [1.54, 1.807) is 0 Å². The molecule has 110 valence electrons. The number of benzene rings is 1. The van der Waals surface area contributed by atoms with Gasteiger partial charge >= 0.3 is 5.97 Å². The SMILES string of the molecule is O=C(CC1SC(=S)NC1=O)Nc1ccc(O)c(C(=O)O)c1. The lowest BCUT2D eigenvalue weighted by Gasteiger charge is -2.08. The number of anilines is 1. The number of amides is 2. The summed E-state index contributed by atoms with van der Waals surface area (Å²) in [5.74, 6) is -2.47. The zero-order chi connectivity index (χ0) is 15.6. The van der Waals surface area contributed by atoms with Crippen LogP contribution in [-0.4, -0.2) is 37.6 Å². The third-order valence-corrected chi connectivity index (χ3v) is 4.02. The highest BCUT2D eigenvalue weighted by atomic mass is 32.2. The minimum atomic E-state index is -1.31. The summed E-state index contributed by atoms with van der Waals surface area (Å²) in [4.78, 5) is 34.2. The molecule has 0 aromatic heterocycles. The van der Waals surface area contributed by atoms with Crippen LogP contribution >= 0.6 is 24.0 Å². The second-order valence-electron chi connectivity index (χ2n) is 4.17. The Morgan fingerprint density at radius 2 is 2.14 bits per heavy atom. The summed E-state index contributed by atoms with van der Waals surface area (Å²) < 4.78 is 0.329. The van der Waals surface area contributed by atoms with E-state index in [-0.39, 0.29) is 23.6 Å². The largest absolute Gasteiger partial charge is 0.507 e. The van der Waals surface area contributed by atoms with Crippen LogP contribution in [0.4, 0.5) is 5.69 Å². The Balaban J connectivity index is 2.03. The summed E-state index contributed by atoms with van der Waals surface area (Å²) in [7, 11) is 0. The summed E-state index contributed by atoms with van der Waals surface area (Å²) in [5.41, 5.74) is -0.0943. The summed E-state index contributed by atoms with van der Waals surface area (Å²) in [6.45, 7) is 0. The highest BCUT2D eigenvalue weighted by Gasteiger charge is 2.31. The molecule has 1 aromatic rings. The second kappa shape index (κ2) is 6.10. The number of thiocarbonyl (C=S) groups is 1. The van der Waals surface area contributed by atoms with E-state index < -0.39 is 22.9 Å². The number of hydrogen-bond acceptors (Lipinski definition) is 6. The van der Waals surface area contributed by atoms with Crippen molar-refractivity contribution in [3.63, 3.8) is 0 Å². The molecule has 1 fully saturated rings. The van der Waals surface area contributed by atoms with E-state index in [4.69, 9.17) is 17.3 Å². The molecule has 7 nitrogen and oxygen atoms in total. The smallest absolute Gasteiger partial charge is 0.339 e. The predicted octanol–water partition coefficient (Wildman–Crippen LogP) is 0.935. The van der Waals surface area contributed by atoms with Crippen LogP contribution in [0, 0.1) is 0 Å². The van der Waals surface area contributed by atoms with Gasteiger partial charge in [0.05, 0.1) is 5.25 Å². The molecular formula is C12H10N2O5S2. The van der Waals surface area contributed by atoms with Crippen molar-refractivity contribution in [1.82, 2.24) is 5.32 Å². The first kappa shape index (κ1) is 15.3. The van der Waals surface area contributed by atoms with Crippen molar-refractivity contribution >= 4 is 51.8 Å². The van der Waals surface area contributed by atoms with E-state index in [0.717, 1.165) is 17.8 Å². The summed E-state index contributed by atoms with van der Waals surface area (Å²) in [6, 6.07) is 3.68. The standard InChI is InChI=1S/C12H10N2O5S2/c15-7-2-1-5(3-6(7)11(18)19)13-9(16)4-8-10(17)14-12(20)21-8/h1-3,8,15H,4H2,(H,13,16)(H,18,19)(H,14,17,20). The molecule has 0 bridgehead atoms. The van der Waals surface area contributed by atoms with Gasteiger partial charge in [-0.1, -0.05) is 24.0 Å². The number of aromatic carboxylic acids is 1. The third kappa shape index (κ3) is 3.70. The zero-order valence-electron chi connectivity index (χ0n) is 10.5. The molecule has 1 aliphatic rings. The molecule has 9 heteroatoms. The molecule has 2 amide bonds. The van der Waals surface area contributed by atoms with Gasteiger partial charge in [-0.3, -0.25) is 9.59 Å². The van der Waals surface area contributed by atoms with Gasteiger partial charge < -0.3 is 20.8 Å². The summed E-state index contributed by atoms with van der Waals surface area (Å²) in [6.07, 6.45) is -0.0834. The van der Waals surface area contributed by atoms with E-state index in [1.807, 2.05) is 0 Å². The third-order valence-electron chi connectivity index (χ3n) is 2.65. The molecule has 4 N–H and O–H groups in total. The number of carbonyl (C=O) groups excluding carboxylic acids is 2. The first-order valence-corrected chi connectivity index (χ1v) is 7.03. The van der Waals surface area contributed by atoms with E-state index in [1.165, 1.54) is 12.1 Å². The number of carboxylic acid groups (broad SMARTS) is 1. The first-order valence-electron chi connectivity index (χ1n) is 5.74. The number of thioether (sulfide) groups is 1. The van der Waals surface area contributed by atoms with Crippen LogP contribution in [0.2, 0.25) is 0 Å². The molecule has 21 heavy (non-hydrogen) atoms. The molecule has 1 saturated heterocycles. The van der Waals surface area contributed by atoms with Gasteiger partial charge in [0.15, 0.2) is 0 Å². The average molecular weight is 326 g/mol. The van der Waals surface area contributed by atoms with Crippen LogP contribution < -0.4 is 10.6 Å². The molecular weight excluding hydrogens is 316 g/mol. The lowest BCUT2D eigenvalue weighted by atomic mass is 10.1. The van der Waals surface area contributed by atoms with Gasteiger partial charge in [-0.25, -0.2) is 4.79 Å². The minimum absolute atomic E-state index is 0.0834. The van der Waals surface area contributed by atoms with Gasteiger partial charge in [-0.05, 0) is 18.2 Å². The van der Waals surface area contributed by atoms with Gasteiger partial charge in [0.2, 0.25) is 11.8 Å². The number of carbonyl (C=O) groups is 3. The van der Waals surface area contributed by atoms with Crippen LogP contribution in [-0.2, 0) is 9.59 Å². The topological polar surface area (TPSA) is 116 Å². The van der Waals surface area contributed by atoms with E-state index in [0.29, 0.717) is 4.32 Å². The number of hydrogen-bond donors (Lipinski definition) is 4. The Hall–Kier alpha value is -2.13. The maximum absolute atomic E-state index is 11.8. The maximum Gasteiger partial charge on any atom is 0.339 e. The molecule has 1 aromatic carbocycles. The molecule has 1 aliphatic heterocycles. The van der Waals surface area contributed by atoms with Crippen molar-refractivity contribution in [1.29, 1.82) is 0 Å². The highest BCUT2D eigenvalue weighted by Crippen LogP contribution is 2.24. The lowest BCUT2D eigenvalue weighted by molar-refractivity contribution is -0.122. The van der Waals surface area contributed by atoms with E-state index in [9.17, 15) is 19.5 Å². The molecule has 1 unspecified atom stereocenters. The van der Waals surface area contributed by atoms with Gasteiger partial charge in [-0.15, -0.1) is 0 Å². The van der Waals surface area contributed by atoms with Crippen molar-refractivity contribution in [3.8, 4) is 5.75 Å². The van der Waals surface area contributed by atoms with Crippen LogP contribution in [0.3, 0.4) is 0 Å². The van der Waals surface area contributed by atoms with Crippen LogP contribution in [0.15, 0.2) is 18.2 Å². The average Bonchev–Trinajstić information content (AvgIpc) is 2.69. The zero-order valence-corrected chi connectivity index (χ0v) is 12.1. The molecule has 1 atom stereocenters. The Labute approximate surface area is 128 Å². The normalized spacial score (nSPS) is 17.4. The molecule has 0 radical (unpaired) electrons. The minimum Gasteiger partial charge on any atom is -0.507 e. The van der Waals surface area contributed by atoms with Crippen molar-refractivity contribution in [3.05, 3.63) is 23.8 Å². The Bertz CT molecular complexity index is 647. The maximum atomic E-state index is 11.8. The van der Waals surface area contributed by atoms with Gasteiger partial charge in [0.1, 0.15) is 15.6 Å². The van der Waals surface area contributed by atoms with Crippen molar-refractivity contribution in [2.24, 2.45) is 0 Å². The van der Waals surface area contributed by atoms with Gasteiger partial charge in [0.25, 0.3) is 0 Å². The number of rotatable bonds is 4. The summed E-state index contributed by atoms with van der Waals surface area (Å²) in [5, 5.41) is 22.6. The molecule has 0 spiro atoms. The molecule has 0 aliphatic carbocycles. The van der Waals surface area contributed by atoms with E-state index in [2.05, 4.69) is 10.6 Å². The summed E-state index contributed by atoms with van der Waals surface area (Å²) >= 11 is 5.92. The first-order chi connectivity index (χ1) is 9.86. The highest BCUT2D eigenvalue weighted by molar-refractivity contribution is 8.24. The quantitative estimate of drug-likeness (QED) is 0.480. The Kier molecular flexibility index (Phi) is 4.43. The fourth-order valence-electron chi connectivity index (χ4n) is 1.69.